The summed E-state index contributed by atoms with van der Waals surface area (Å²) in [6, 6.07) is 3.51. The zero-order valence-electron chi connectivity index (χ0n) is 13.7. The molecule has 0 saturated carbocycles. The van der Waals surface area contributed by atoms with Crippen LogP contribution >= 0.6 is 0 Å². The lowest BCUT2D eigenvalue weighted by atomic mass is 9.85. The summed E-state index contributed by atoms with van der Waals surface area (Å²) in [6.07, 6.45) is 0.837. The van der Waals surface area contributed by atoms with E-state index in [-0.39, 0.29) is 29.9 Å². The van der Waals surface area contributed by atoms with E-state index in [9.17, 15) is 9.59 Å². The predicted octanol–water partition coefficient (Wildman–Crippen LogP) is 2.07. The Balaban J connectivity index is 2.04. The number of hydrogen-bond acceptors (Lipinski definition) is 4. The van der Waals surface area contributed by atoms with Crippen LogP contribution in [0.4, 0.5) is 4.79 Å². The summed E-state index contributed by atoms with van der Waals surface area (Å²) in [5.74, 6) is 1.53. The molecule has 6 heteroatoms. The first kappa shape index (κ1) is 16.5. The van der Waals surface area contributed by atoms with Gasteiger partial charge in [-0.05, 0) is 17.5 Å². The van der Waals surface area contributed by atoms with E-state index in [0.29, 0.717) is 13.1 Å². The first-order valence-electron chi connectivity index (χ1n) is 7.73. The summed E-state index contributed by atoms with van der Waals surface area (Å²) in [5.41, 5.74) is -0.115. The molecular weight excluding hydrogens is 282 g/mol. The molecule has 1 fully saturated rings. The van der Waals surface area contributed by atoms with Crippen molar-refractivity contribution in [2.75, 3.05) is 19.6 Å². The zero-order chi connectivity index (χ0) is 16.3. The third-order valence-corrected chi connectivity index (χ3v) is 3.80. The Hall–Kier alpha value is -1.82. The predicted molar refractivity (Wildman–Crippen MR) is 83.4 cm³/mol. The van der Waals surface area contributed by atoms with Gasteiger partial charge in [-0.15, -0.1) is 0 Å². The summed E-state index contributed by atoms with van der Waals surface area (Å²) in [7, 11) is 0. The smallest absolute Gasteiger partial charge is 0.324 e. The molecular formula is C16H25N3O3. The maximum Gasteiger partial charge on any atom is 0.324 e. The highest BCUT2D eigenvalue weighted by atomic mass is 16.3. The molecule has 2 rings (SSSR count). The van der Waals surface area contributed by atoms with Crippen LogP contribution in [0.25, 0.3) is 0 Å². The van der Waals surface area contributed by atoms with E-state index >= 15 is 0 Å². The average Bonchev–Trinajstić information content (AvgIpc) is 3.06. The first-order chi connectivity index (χ1) is 10.3. The molecule has 1 aromatic rings. The number of aryl methyl sites for hydroxylation is 1. The topological polar surface area (TPSA) is 74.6 Å². The van der Waals surface area contributed by atoms with Crippen molar-refractivity contribution in [2.24, 2.45) is 5.41 Å². The van der Waals surface area contributed by atoms with Crippen LogP contribution in [-0.4, -0.2) is 36.5 Å². The van der Waals surface area contributed by atoms with Crippen LogP contribution in [0, 0.1) is 5.41 Å². The van der Waals surface area contributed by atoms with E-state index < -0.39 is 0 Å². The largest absolute Gasteiger partial charge is 0.464 e. The third kappa shape index (κ3) is 3.68. The van der Waals surface area contributed by atoms with Crippen LogP contribution in [0.1, 0.15) is 45.3 Å². The minimum absolute atomic E-state index is 0.0950. The van der Waals surface area contributed by atoms with Crippen molar-refractivity contribution in [1.82, 2.24) is 15.5 Å². The Morgan fingerprint density at radius 2 is 2.18 bits per heavy atom. The second-order valence-corrected chi connectivity index (χ2v) is 6.61. The minimum Gasteiger partial charge on any atom is -0.464 e. The second-order valence-electron chi connectivity index (χ2n) is 6.61. The highest BCUT2D eigenvalue weighted by Gasteiger charge is 2.31. The summed E-state index contributed by atoms with van der Waals surface area (Å²) in [4.78, 5) is 24.9. The standard InChI is InChI=1S/C16H25N3O3/c1-5-11-6-7-12(22-11)14(16(2,3)4)18-10-13(20)19-9-8-17-15(19)21/h6-7,14,18H,5,8-10H2,1-4H3,(H,17,21)/t14-/m0/s1. The fourth-order valence-corrected chi connectivity index (χ4v) is 2.57. The van der Waals surface area contributed by atoms with E-state index in [1.54, 1.807) is 0 Å². The summed E-state index contributed by atoms with van der Waals surface area (Å²) in [6.45, 7) is 9.37. The molecule has 0 aromatic carbocycles. The second kappa shape index (κ2) is 6.52. The summed E-state index contributed by atoms with van der Waals surface area (Å²) >= 11 is 0. The van der Waals surface area contributed by atoms with E-state index in [0.717, 1.165) is 17.9 Å². The number of urea groups is 1. The molecule has 0 spiro atoms. The van der Waals surface area contributed by atoms with Crippen LogP contribution in [0.2, 0.25) is 0 Å². The Kier molecular flexibility index (Phi) is 4.90. The fraction of sp³-hybridized carbons (Fsp3) is 0.625. The van der Waals surface area contributed by atoms with Gasteiger partial charge in [0.05, 0.1) is 12.6 Å². The van der Waals surface area contributed by atoms with E-state index in [4.69, 9.17) is 4.42 Å². The van der Waals surface area contributed by atoms with Gasteiger partial charge in [-0.2, -0.15) is 0 Å². The number of carbonyl (C=O) groups is 2. The lowest BCUT2D eigenvalue weighted by molar-refractivity contribution is -0.126. The number of carbonyl (C=O) groups excluding carboxylic acids is 2. The van der Waals surface area contributed by atoms with Crippen molar-refractivity contribution in [3.8, 4) is 0 Å². The van der Waals surface area contributed by atoms with Crippen molar-refractivity contribution in [1.29, 1.82) is 0 Å². The monoisotopic (exact) mass is 307 g/mol. The van der Waals surface area contributed by atoms with Gasteiger partial charge in [-0.3, -0.25) is 15.0 Å². The molecule has 3 amide bonds. The van der Waals surface area contributed by atoms with Gasteiger partial charge in [0.1, 0.15) is 11.5 Å². The molecule has 22 heavy (non-hydrogen) atoms. The fourth-order valence-electron chi connectivity index (χ4n) is 2.57. The number of amides is 3. The maximum absolute atomic E-state index is 12.2. The highest BCUT2D eigenvalue weighted by Crippen LogP contribution is 2.33. The minimum atomic E-state index is -0.314. The molecule has 1 aliphatic heterocycles. The van der Waals surface area contributed by atoms with Crippen LogP contribution in [0.3, 0.4) is 0 Å². The summed E-state index contributed by atoms with van der Waals surface area (Å²) in [5, 5.41) is 5.88. The number of hydrogen-bond donors (Lipinski definition) is 2. The zero-order valence-corrected chi connectivity index (χ0v) is 13.7. The molecule has 0 radical (unpaired) electrons. The Labute approximate surface area is 131 Å². The molecule has 6 nitrogen and oxygen atoms in total. The Morgan fingerprint density at radius 3 is 2.68 bits per heavy atom. The SMILES string of the molecule is CCc1ccc([C@H](NCC(=O)N2CCNC2=O)C(C)(C)C)o1. The molecule has 1 aliphatic rings. The van der Waals surface area contributed by atoms with Gasteiger partial charge in [0.15, 0.2) is 0 Å². The van der Waals surface area contributed by atoms with Gasteiger partial charge >= 0.3 is 6.03 Å². The van der Waals surface area contributed by atoms with Crippen molar-refractivity contribution in [2.45, 2.75) is 40.2 Å². The van der Waals surface area contributed by atoms with Gasteiger partial charge in [0.25, 0.3) is 0 Å². The molecule has 2 N–H and O–H groups in total. The number of imide groups is 1. The molecule has 122 valence electrons. The molecule has 0 unspecified atom stereocenters. The lowest BCUT2D eigenvalue weighted by Gasteiger charge is -2.30. The van der Waals surface area contributed by atoms with Crippen molar-refractivity contribution < 1.29 is 14.0 Å². The quantitative estimate of drug-likeness (QED) is 0.873. The van der Waals surface area contributed by atoms with Crippen LogP contribution in [0.5, 0.6) is 0 Å². The van der Waals surface area contributed by atoms with Gasteiger partial charge < -0.3 is 9.73 Å². The third-order valence-electron chi connectivity index (χ3n) is 3.80. The number of furan rings is 1. The van der Waals surface area contributed by atoms with Crippen molar-refractivity contribution in [3.05, 3.63) is 23.7 Å². The molecule has 2 heterocycles. The first-order valence-corrected chi connectivity index (χ1v) is 7.73. The Morgan fingerprint density at radius 1 is 1.45 bits per heavy atom. The molecule has 0 bridgehead atoms. The number of nitrogens with one attached hydrogen (secondary N) is 2. The highest BCUT2D eigenvalue weighted by molar-refractivity contribution is 5.96. The van der Waals surface area contributed by atoms with Gasteiger partial charge in [0.2, 0.25) is 5.91 Å². The number of rotatable bonds is 5. The van der Waals surface area contributed by atoms with Gasteiger partial charge in [0, 0.05) is 19.5 Å². The van der Waals surface area contributed by atoms with Gasteiger partial charge in [-0.25, -0.2) is 4.79 Å². The van der Waals surface area contributed by atoms with E-state index in [1.165, 1.54) is 4.90 Å². The van der Waals surface area contributed by atoms with Crippen LogP contribution in [0.15, 0.2) is 16.5 Å². The summed E-state index contributed by atoms with van der Waals surface area (Å²) < 4.78 is 5.83. The maximum atomic E-state index is 12.2. The number of nitrogens with zero attached hydrogens (tertiary/aromatic N) is 1. The molecule has 1 aromatic heterocycles. The molecule has 0 aliphatic carbocycles. The average molecular weight is 307 g/mol. The van der Waals surface area contributed by atoms with Crippen molar-refractivity contribution >= 4 is 11.9 Å². The molecule has 1 saturated heterocycles. The van der Waals surface area contributed by atoms with E-state index in [1.807, 2.05) is 19.1 Å². The lowest BCUT2D eigenvalue weighted by Crippen LogP contribution is -2.43. The Bertz CT molecular complexity index is 545. The van der Waals surface area contributed by atoms with Crippen LogP contribution in [-0.2, 0) is 11.2 Å². The normalized spacial score (nSPS) is 16.7. The molecule has 1 atom stereocenters. The van der Waals surface area contributed by atoms with Crippen molar-refractivity contribution in [3.63, 3.8) is 0 Å². The van der Waals surface area contributed by atoms with Crippen LogP contribution < -0.4 is 10.6 Å². The van der Waals surface area contributed by atoms with Gasteiger partial charge in [-0.1, -0.05) is 27.7 Å². The van der Waals surface area contributed by atoms with E-state index in [2.05, 4.69) is 31.4 Å².